The Morgan fingerprint density at radius 2 is 1.65 bits per heavy atom. The molecule has 182 valence electrons. The first-order chi connectivity index (χ1) is 16.8. The Labute approximate surface area is 257 Å². The molecule has 2 radical (unpaired) electrons. The molecule has 4 rings (SSSR count). The number of phenols is 1. The number of carboxylic acid groups (broad SMARTS) is 1. The van der Waals surface area contributed by atoms with Gasteiger partial charge in [0, 0.05) is 77.7 Å². The molecule has 0 saturated carbocycles. The van der Waals surface area contributed by atoms with Crippen LogP contribution in [0.25, 0.3) is 21.9 Å². The van der Waals surface area contributed by atoms with Gasteiger partial charge in [0.25, 0.3) is 0 Å². The third-order valence-electron chi connectivity index (χ3n) is 5.64. The van der Waals surface area contributed by atoms with Crippen LogP contribution < -0.4 is 14.9 Å². The zero-order valence-corrected chi connectivity index (χ0v) is 25.3. The molecule has 0 bridgehead atoms. The van der Waals surface area contributed by atoms with Crippen LogP contribution in [0.15, 0.2) is 57.7 Å². The molecule has 2 N–H and O–H groups in total. The third-order valence-corrected chi connectivity index (χ3v) is 5.64. The molecule has 0 spiro atoms. The van der Waals surface area contributed by atoms with E-state index in [9.17, 15) is 19.5 Å². The SMILES string of the molecule is CCc1cc(C(C)=O)c(O)cc1OCCCOc1ccc2c(=O)c3cc(C(=O)O)ccc3oc2c1.[Na].[Na]. The van der Waals surface area contributed by atoms with E-state index < -0.39 is 5.97 Å². The van der Waals surface area contributed by atoms with Gasteiger partial charge in [0.1, 0.15) is 28.4 Å². The number of rotatable bonds is 9. The summed E-state index contributed by atoms with van der Waals surface area (Å²) < 4.78 is 17.4. The van der Waals surface area contributed by atoms with E-state index in [-0.39, 0.29) is 92.6 Å². The number of carboxylic acids is 1. The minimum absolute atomic E-state index is 0. The molecule has 3 aromatic carbocycles. The summed E-state index contributed by atoms with van der Waals surface area (Å²) in [6.45, 7) is 4.02. The maximum Gasteiger partial charge on any atom is 0.335 e. The van der Waals surface area contributed by atoms with Crippen LogP contribution in [0.1, 0.15) is 46.5 Å². The van der Waals surface area contributed by atoms with Crippen molar-refractivity contribution in [2.24, 2.45) is 0 Å². The Kier molecular flexibility index (Phi) is 11.2. The van der Waals surface area contributed by atoms with Crippen LogP contribution in [0.3, 0.4) is 0 Å². The van der Waals surface area contributed by atoms with Crippen molar-refractivity contribution in [2.45, 2.75) is 26.7 Å². The molecule has 10 heteroatoms. The minimum Gasteiger partial charge on any atom is -0.507 e. The van der Waals surface area contributed by atoms with E-state index in [2.05, 4.69) is 0 Å². The standard InChI is InChI=1S/C27H24O8.2Na/c1-3-16-11-20(15(2)28)22(29)14-24(16)34-10-4-9-33-18-6-7-19-25(13-18)35-23-8-5-17(27(31)32)12-21(23)26(19)30;;/h5-8,11-14,29H,3-4,9-10H2,1-2H3,(H,31,32);;. The maximum absolute atomic E-state index is 12.8. The zero-order chi connectivity index (χ0) is 25.1. The van der Waals surface area contributed by atoms with E-state index in [0.717, 1.165) is 5.56 Å². The smallest absolute Gasteiger partial charge is 0.335 e. The van der Waals surface area contributed by atoms with Crippen molar-refractivity contribution in [3.63, 3.8) is 0 Å². The Bertz CT molecular complexity index is 1510. The van der Waals surface area contributed by atoms with E-state index in [1.807, 2.05) is 6.92 Å². The number of ether oxygens (including phenoxy) is 2. The molecule has 0 amide bonds. The van der Waals surface area contributed by atoms with Crippen LogP contribution in [0.5, 0.6) is 17.2 Å². The van der Waals surface area contributed by atoms with E-state index in [1.54, 1.807) is 24.3 Å². The number of hydrogen-bond acceptors (Lipinski definition) is 7. The summed E-state index contributed by atoms with van der Waals surface area (Å²) in [5, 5.41) is 19.8. The molecule has 37 heavy (non-hydrogen) atoms. The van der Waals surface area contributed by atoms with E-state index >= 15 is 0 Å². The van der Waals surface area contributed by atoms with Gasteiger partial charge in [-0.15, -0.1) is 0 Å². The quantitative estimate of drug-likeness (QED) is 0.145. The molecular weight excluding hydrogens is 498 g/mol. The fourth-order valence-electron chi connectivity index (χ4n) is 3.80. The monoisotopic (exact) mass is 522 g/mol. The van der Waals surface area contributed by atoms with Gasteiger partial charge in [-0.05, 0) is 55.3 Å². The fourth-order valence-corrected chi connectivity index (χ4v) is 3.80. The van der Waals surface area contributed by atoms with Crippen LogP contribution in [0.4, 0.5) is 0 Å². The van der Waals surface area contributed by atoms with Crippen LogP contribution in [0.2, 0.25) is 0 Å². The first kappa shape index (κ1) is 30.9. The number of phenolic OH excluding ortho intramolecular Hbond substituents is 1. The molecule has 0 aliphatic carbocycles. The molecular formula is C27H24Na2O8. The number of aromatic carboxylic acids is 1. The van der Waals surface area contributed by atoms with Crippen molar-refractivity contribution >= 4 is 92.8 Å². The summed E-state index contributed by atoms with van der Waals surface area (Å²) in [7, 11) is 0. The molecule has 4 aromatic rings. The van der Waals surface area contributed by atoms with E-state index in [4.69, 9.17) is 19.0 Å². The number of carbonyl (C=O) groups excluding carboxylic acids is 1. The van der Waals surface area contributed by atoms with E-state index in [1.165, 1.54) is 31.2 Å². The van der Waals surface area contributed by atoms with Crippen molar-refractivity contribution in [2.75, 3.05) is 13.2 Å². The average molecular weight is 522 g/mol. The molecule has 0 atom stereocenters. The molecule has 0 saturated heterocycles. The van der Waals surface area contributed by atoms with Crippen LogP contribution in [-0.2, 0) is 6.42 Å². The first-order valence-electron chi connectivity index (χ1n) is 11.1. The molecule has 1 aromatic heterocycles. The largest absolute Gasteiger partial charge is 0.507 e. The van der Waals surface area contributed by atoms with Gasteiger partial charge in [-0.2, -0.15) is 0 Å². The fraction of sp³-hybridized carbons (Fsp3) is 0.222. The number of Topliss-reactive ketones (excluding diaryl/α,β-unsaturated/α-hetero) is 1. The number of hydrogen-bond donors (Lipinski definition) is 2. The normalized spacial score (nSPS) is 10.4. The maximum atomic E-state index is 12.8. The number of aromatic hydroxyl groups is 1. The Hall–Kier alpha value is -2.33. The third kappa shape index (κ3) is 6.96. The van der Waals surface area contributed by atoms with Crippen molar-refractivity contribution in [3.8, 4) is 17.2 Å². The van der Waals surface area contributed by atoms with Gasteiger partial charge in [0.15, 0.2) is 5.78 Å². The van der Waals surface area contributed by atoms with Gasteiger partial charge in [-0.1, -0.05) is 6.92 Å². The predicted octanol–water partition coefficient (Wildman–Crippen LogP) is 4.20. The Morgan fingerprint density at radius 1 is 0.919 bits per heavy atom. The molecule has 0 aliphatic rings. The second kappa shape index (κ2) is 13.5. The number of aryl methyl sites for hydroxylation is 1. The molecule has 0 fully saturated rings. The van der Waals surface area contributed by atoms with Crippen LogP contribution >= 0.6 is 0 Å². The molecule has 1 heterocycles. The summed E-state index contributed by atoms with van der Waals surface area (Å²) in [6, 6.07) is 12.1. The van der Waals surface area contributed by atoms with Gasteiger partial charge < -0.3 is 24.1 Å². The summed E-state index contributed by atoms with van der Waals surface area (Å²) in [5.74, 6) is -0.387. The van der Waals surface area contributed by atoms with Gasteiger partial charge >= 0.3 is 5.97 Å². The first-order valence-corrected chi connectivity index (χ1v) is 11.1. The zero-order valence-electron chi connectivity index (χ0n) is 21.3. The van der Waals surface area contributed by atoms with Gasteiger partial charge in [0.05, 0.1) is 35.1 Å². The molecule has 0 unspecified atom stereocenters. The second-order valence-corrected chi connectivity index (χ2v) is 8.04. The van der Waals surface area contributed by atoms with Crippen molar-refractivity contribution in [1.29, 1.82) is 0 Å². The van der Waals surface area contributed by atoms with Crippen molar-refractivity contribution < 1.29 is 33.7 Å². The van der Waals surface area contributed by atoms with Gasteiger partial charge in [0.2, 0.25) is 5.43 Å². The summed E-state index contributed by atoms with van der Waals surface area (Å²) in [6.07, 6.45) is 1.21. The van der Waals surface area contributed by atoms with Gasteiger partial charge in [-0.3, -0.25) is 9.59 Å². The van der Waals surface area contributed by atoms with Crippen molar-refractivity contribution in [3.05, 3.63) is 75.4 Å². The minimum atomic E-state index is -1.12. The van der Waals surface area contributed by atoms with Crippen LogP contribution in [-0.4, -0.2) is 94.3 Å². The second-order valence-electron chi connectivity index (χ2n) is 8.04. The average Bonchev–Trinajstić information content (AvgIpc) is 2.83. The summed E-state index contributed by atoms with van der Waals surface area (Å²) >= 11 is 0. The van der Waals surface area contributed by atoms with Crippen LogP contribution in [0, 0.1) is 0 Å². The predicted molar refractivity (Wildman–Crippen MR) is 142 cm³/mol. The summed E-state index contributed by atoms with van der Waals surface area (Å²) in [5.41, 5.74) is 1.45. The Balaban J connectivity index is 0.00000241. The molecule has 0 aliphatic heterocycles. The number of carbonyl (C=O) groups is 2. The Morgan fingerprint density at radius 3 is 2.32 bits per heavy atom. The topological polar surface area (TPSA) is 123 Å². The number of ketones is 1. The van der Waals surface area contributed by atoms with Gasteiger partial charge in [-0.25, -0.2) is 4.79 Å². The van der Waals surface area contributed by atoms with E-state index in [0.29, 0.717) is 54.1 Å². The molecule has 8 nitrogen and oxygen atoms in total. The summed E-state index contributed by atoms with van der Waals surface area (Å²) in [4.78, 5) is 35.6. The van der Waals surface area contributed by atoms with Crippen molar-refractivity contribution in [1.82, 2.24) is 0 Å². The number of benzene rings is 3. The number of fused-ring (bicyclic) bond motifs is 2.